The van der Waals surface area contributed by atoms with Crippen LogP contribution in [-0.4, -0.2) is 43.4 Å². The predicted octanol–water partition coefficient (Wildman–Crippen LogP) is 3.14. The molecule has 0 aliphatic carbocycles. The van der Waals surface area contributed by atoms with Crippen LogP contribution in [0.1, 0.15) is 24.6 Å². The molecule has 2 aliphatic heterocycles. The lowest BCUT2D eigenvalue weighted by molar-refractivity contribution is 0.628. The van der Waals surface area contributed by atoms with Gasteiger partial charge in [0.1, 0.15) is 0 Å². The first-order valence-corrected chi connectivity index (χ1v) is 11.8. The average molecular weight is 419 g/mol. The topological polar surface area (TPSA) is 74.6 Å². The molecule has 9 heteroatoms. The van der Waals surface area contributed by atoms with Crippen LogP contribution in [0.4, 0.5) is 0 Å². The molecular weight excluding hydrogens is 396 g/mol. The summed E-state index contributed by atoms with van der Waals surface area (Å²) in [5.74, 6) is 0.989. The van der Waals surface area contributed by atoms with E-state index in [4.69, 9.17) is 9.98 Å². The minimum absolute atomic E-state index is 0.294. The summed E-state index contributed by atoms with van der Waals surface area (Å²) in [7, 11) is 0. The Hall–Kier alpha value is -1.58. The molecule has 3 unspecified atom stereocenters. The Bertz CT molecular complexity index is 793. The molecule has 0 bridgehead atoms. The molecular formula is C18H22N6S3. The van der Waals surface area contributed by atoms with Crippen molar-refractivity contribution in [1.82, 2.24) is 20.8 Å². The fraction of sp³-hybridized carbons (Fsp3) is 0.444. The summed E-state index contributed by atoms with van der Waals surface area (Å²) >= 11 is 5.20. The lowest BCUT2D eigenvalue weighted by atomic mass is 10.0. The van der Waals surface area contributed by atoms with Crippen molar-refractivity contribution in [2.24, 2.45) is 9.98 Å². The number of pyridine rings is 1. The summed E-state index contributed by atoms with van der Waals surface area (Å²) in [6, 6.07) is 4.73. The number of thiazole rings is 1. The van der Waals surface area contributed by atoms with E-state index in [1.807, 2.05) is 29.7 Å². The molecule has 3 atom stereocenters. The van der Waals surface area contributed by atoms with Crippen LogP contribution in [0, 0.1) is 0 Å². The third-order valence-corrected chi connectivity index (χ3v) is 7.54. The largest absolute Gasteiger partial charge is 0.277 e. The summed E-state index contributed by atoms with van der Waals surface area (Å²) in [5, 5.41) is 4.48. The Balaban J connectivity index is 1.30. The van der Waals surface area contributed by atoms with Crippen molar-refractivity contribution in [1.29, 1.82) is 0 Å². The highest BCUT2D eigenvalue weighted by atomic mass is 32.2. The molecule has 0 amide bonds. The molecule has 0 fully saturated rings. The third-order valence-electron chi connectivity index (χ3n) is 4.49. The van der Waals surface area contributed by atoms with E-state index in [9.17, 15) is 0 Å². The minimum Gasteiger partial charge on any atom is -0.277 e. The molecule has 2 aliphatic rings. The molecule has 0 aromatic carbocycles. The zero-order valence-electron chi connectivity index (χ0n) is 15.0. The molecule has 6 nitrogen and oxygen atoms in total. The first-order valence-electron chi connectivity index (χ1n) is 9.03. The van der Waals surface area contributed by atoms with Crippen LogP contribution in [-0.2, 0) is 12.8 Å². The lowest BCUT2D eigenvalue weighted by Crippen LogP contribution is -2.38. The molecule has 4 rings (SSSR count). The van der Waals surface area contributed by atoms with Gasteiger partial charge >= 0.3 is 0 Å². The molecule has 0 radical (unpaired) electrons. The Morgan fingerprint density at radius 3 is 2.74 bits per heavy atom. The highest BCUT2D eigenvalue weighted by molar-refractivity contribution is 8.15. The van der Waals surface area contributed by atoms with Gasteiger partial charge in [-0.1, -0.05) is 30.4 Å². The predicted molar refractivity (Wildman–Crippen MR) is 117 cm³/mol. The van der Waals surface area contributed by atoms with Crippen LogP contribution < -0.4 is 10.9 Å². The molecule has 142 valence electrons. The molecule has 4 heterocycles. The monoisotopic (exact) mass is 418 g/mol. The Morgan fingerprint density at radius 2 is 1.96 bits per heavy atom. The van der Waals surface area contributed by atoms with Gasteiger partial charge in [-0.2, -0.15) is 0 Å². The number of nitrogens with one attached hydrogen (secondary N) is 2. The molecule has 2 N–H and O–H groups in total. The van der Waals surface area contributed by atoms with E-state index in [0.29, 0.717) is 17.3 Å². The number of hydrazine groups is 1. The first-order chi connectivity index (χ1) is 13.3. The van der Waals surface area contributed by atoms with E-state index < -0.39 is 0 Å². The second-order valence-electron chi connectivity index (χ2n) is 6.46. The van der Waals surface area contributed by atoms with Gasteiger partial charge in [-0.25, -0.2) is 4.98 Å². The Labute approximate surface area is 171 Å². The normalized spacial score (nSPS) is 24.6. The van der Waals surface area contributed by atoms with Gasteiger partial charge in [-0.15, -0.1) is 11.3 Å². The molecule has 2 aromatic heterocycles. The third kappa shape index (κ3) is 5.03. The number of aromatic nitrogens is 2. The van der Waals surface area contributed by atoms with E-state index >= 15 is 0 Å². The summed E-state index contributed by atoms with van der Waals surface area (Å²) in [4.78, 5) is 18.1. The van der Waals surface area contributed by atoms with Gasteiger partial charge in [-0.05, 0) is 30.5 Å². The quantitative estimate of drug-likeness (QED) is 0.727. The van der Waals surface area contributed by atoms with Crippen LogP contribution in [0.2, 0.25) is 0 Å². The zero-order chi connectivity index (χ0) is 18.5. The van der Waals surface area contributed by atoms with E-state index in [-0.39, 0.29) is 0 Å². The highest BCUT2D eigenvalue weighted by Crippen LogP contribution is 2.30. The van der Waals surface area contributed by atoms with Crippen molar-refractivity contribution >= 4 is 45.2 Å². The van der Waals surface area contributed by atoms with Gasteiger partial charge in [0.05, 0.1) is 23.3 Å². The van der Waals surface area contributed by atoms with E-state index in [0.717, 1.165) is 41.0 Å². The fourth-order valence-electron chi connectivity index (χ4n) is 3.12. The van der Waals surface area contributed by atoms with Crippen molar-refractivity contribution in [2.75, 3.05) is 5.75 Å². The SMILES string of the molecule is CCC1SC(NNC2=NC(Cc3cscn3)CS2)=NC1Cc1ccncc1. The zero-order valence-corrected chi connectivity index (χ0v) is 17.5. The standard InChI is InChI=1S/C18H22N6S3/c1-2-16-15(7-12-3-5-19-6-4-12)22-18(27-16)24-23-17-21-14(10-26-17)8-13-9-25-11-20-13/h3-6,9,11,14-16H,2,7-8,10H2,1H3,(H,21,23)(H,22,24). The maximum Gasteiger partial charge on any atom is 0.176 e. The van der Waals surface area contributed by atoms with E-state index in [2.05, 4.69) is 45.3 Å². The van der Waals surface area contributed by atoms with Gasteiger partial charge < -0.3 is 0 Å². The highest BCUT2D eigenvalue weighted by Gasteiger charge is 2.29. The molecule has 0 saturated heterocycles. The van der Waals surface area contributed by atoms with Gasteiger partial charge in [0, 0.05) is 35.2 Å². The summed E-state index contributed by atoms with van der Waals surface area (Å²) in [6.45, 7) is 2.23. The van der Waals surface area contributed by atoms with Gasteiger partial charge in [0.2, 0.25) is 0 Å². The van der Waals surface area contributed by atoms with Crippen molar-refractivity contribution in [3.05, 3.63) is 46.7 Å². The van der Waals surface area contributed by atoms with Crippen LogP contribution in [0.15, 0.2) is 45.4 Å². The van der Waals surface area contributed by atoms with Gasteiger partial charge in [0.25, 0.3) is 0 Å². The number of amidine groups is 2. The summed E-state index contributed by atoms with van der Waals surface area (Å²) in [6.07, 6.45) is 6.65. The second-order valence-corrected chi connectivity index (χ2v) is 9.41. The molecule has 2 aromatic rings. The Morgan fingerprint density at radius 1 is 1.11 bits per heavy atom. The van der Waals surface area contributed by atoms with Crippen LogP contribution >= 0.6 is 34.9 Å². The second kappa shape index (κ2) is 9.07. The number of rotatable bonds is 5. The summed E-state index contributed by atoms with van der Waals surface area (Å²) < 4.78 is 0. The van der Waals surface area contributed by atoms with E-state index in [1.165, 1.54) is 5.56 Å². The average Bonchev–Trinajstić information content (AvgIpc) is 3.43. The number of aliphatic imine (C=N–C) groups is 2. The van der Waals surface area contributed by atoms with Crippen LogP contribution in [0.3, 0.4) is 0 Å². The number of nitrogens with zero attached hydrogens (tertiary/aromatic N) is 4. The first kappa shape index (κ1) is 18.8. The van der Waals surface area contributed by atoms with E-state index in [1.54, 1.807) is 23.1 Å². The van der Waals surface area contributed by atoms with Crippen molar-refractivity contribution in [3.63, 3.8) is 0 Å². The minimum atomic E-state index is 0.294. The van der Waals surface area contributed by atoms with Crippen LogP contribution in [0.25, 0.3) is 0 Å². The van der Waals surface area contributed by atoms with Gasteiger partial charge in [-0.3, -0.25) is 25.8 Å². The number of hydrogen-bond acceptors (Lipinski definition) is 9. The molecule has 27 heavy (non-hydrogen) atoms. The maximum absolute atomic E-state index is 4.89. The fourth-order valence-corrected chi connectivity index (χ4v) is 5.65. The number of thioether (sulfide) groups is 2. The molecule has 0 spiro atoms. The summed E-state index contributed by atoms with van der Waals surface area (Å²) in [5.41, 5.74) is 10.8. The van der Waals surface area contributed by atoms with Crippen molar-refractivity contribution < 1.29 is 0 Å². The maximum atomic E-state index is 4.89. The number of hydrogen-bond donors (Lipinski definition) is 2. The Kier molecular flexibility index (Phi) is 6.31. The molecule has 0 saturated carbocycles. The smallest absolute Gasteiger partial charge is 0.176 e. The van der Waals surface area contributed by atoms with Gasteiger partial charge in [0.15, 0.2) is 10.3 Å². The van der Waals surface area contributed by atoms with Crippen molar-refractivity contribution in [2.45, 2.75) is 43.5 Å². The van der Waals surface area contributed by atoms with Crippen LogP contribution in [0.5, 0.6) is 0 Å². The lowest BCUT2D eigenvalue weighted by Gasteiger charge is -2.14. The van der Waals surface area contributed by atoms with Crippen molar-refractivity contribution in [3.8, 4) is 0 Å².